The number of hydrogen-bond acceptors (Lipinski definition) is 2. The molecule has 0 heterocycles. The molecule has 4 fully saturated rings. The van der Waals surface area contributed by atoms with E-state index in [2.05, 4.69) is 0 Å². The zero-order valence-corrected chi connectivity index (χ0v) is 12.3. The molecule has 0 N–H and O–H groups in total. The third-order valence-corrected chi connectivity index (χ3v) is 5.90. The van der Waals surface area contributed by atoms with Gasteiger partial charge in [-0.05, 0) is 73.8 Å². The Balaban J connectivity index is 1.60. The van der Waals surface area contributed by atoms with Crippen molar-refractivity contribution in [1.29, 1.82) is 0 Å². The SMILES string of the molecule is O=[N+]([O-])N(CC12CC3CC(CC(C3)C1)C2)c1ccccc1. The molecular formula is C17H22N2O2. The lowest BCUT2D eigenvalue weighted by Gasteiger charge is -2.56. The summed E-state index contributed by atoms with van der Waals surface area (Å²) in [5, 5.41) is 12.7. The second-order valence-electron chi connectivity index (χ2n) is 7.55. The predicted octanol–water partition coefficient (Wildman–Crippen LogP) is 3.90. The van der Waals surface area contributed by atoms with Crippen LogP contribution in [-0.4, -0.2) is 11.6 Å². The highest BCUT2D eigenvalue weighted by atomic mass is 16.7. The molecule has 4 nitrogen and oxygen atoms in total. The molecule has 1 aromatic rings. The molecule has 0 aromatic heterocycles. The van der Waals surface area contributed by atoms with Crippen LogP contribution < -0.4 is 5.01 Å². The molecule has 0 atom stereocenters. The van der Waals surface area contributed by atoms with Gasteiger partial charge in [0, 0.05) is 0 Å². The first-order valence-corrected chi connectivity index (χ1v) is 8.10. The van der Waals surface area contributed by atoms with Crippen LogP contribution in [0.2, 0.25) is 0 Å². The van der Waals surface area contributed by atoms with Gasteiger partial charge in [0.15, 0.2) is 5.03 Å². The van der Waals surface area contributed by atoms with Crippen LogP contribution in [0.25, 0.3) is 0 Å². The van der Waals surface area contributed by atoms with Crippen LogP contribution in [-0.2, 0) is 0 Å². The first kappa shape index (κ1) is 13.1. The van der Waals surface area contributed by atoms with Crippen LogP contribution in [0.15, 0.2) is 30.3 Å². The zero-order chi connectivity index (χ0) is 14.4. The predicted molar refractivity (Wildman–Crippen MR) is 81.4 cm³/mol. The van der Waals surface area contributed by atoms with Crippen molar-refractivity contribution in [3.8, 4) is 0 Å². The Labute approximate surface area is 125 Å². The smallest absolute Gasteiger partial charge is 0.165 e. The Bertz CT molecular complexity index is 508. The summed E-state index contributed by atoms with van der Waals surface area (Å²) in [7, 11) is 0. The summed E-state index contributed by atoms with van der Waals surface area (Å²) in [4.78, 5) is 11.6. The van der Waals surface area contributed by atoms with Gasteiger partial charge >= 0.3 is 0 Å². The van der Waals surface area contributed by atoms with Crippen LogP contribution in [0.4, 0.5) is 5.69 Å². The second-order valence-corrected chi connectivity index (χ2v) is 7.55. The van der Waals surface area contributed by atoms with Crippen LogP contribution in [0.3, 0.4) is 0 Å². The normalized spacial score (nSPS) is 36.7. The van der Waals surface area contributed by atoms with E-state index in [1.807, 2.05) is 30.3 Å². The molecule has 0 amide bonds. The number of nitrogens with zero attached hydrogens (tertiary/aromatic N) is 2. The summed E-state index contributed by atoms with van der Waals surface area (Å²) in [5.41, 5.74) is 0.913. The van der Waals surface area contributed by atoms with E-state index >= 15 is 0 Å². The summed E-state index contributed by atoms with van der Waals surface area (Å²) >= 11 is 0. The number of benzene rings is 1. The van der Waals surface area contributed by atoms with Crippen molar-refractivity contribution in [1.82, 2.24) is 0 Å². The van der Waals surface area contributed by atoms with E-state index in [-0.39, 0.29) is 10.4 Å². The minimum Gasteiger partial charge on any atom is -0.234 e. The van der Waals surface area contributed by atoms with E-state index in [4.69, 9.17) is 0 Å². The molecule has 21 heavy (non-hydrogen) atoms. The Morgan fingerprint density at radius 1 is 1.05 bits per heavy atom. The lowest BCUT2D eigenvalue weighted by atomic mass is 9.49. The van der Waals surface area contributed by atoms with Gasteiger partial charge in [-0.25, -0.2) is 10.1 Å². The maximum atomic E-state index is 11.6. The molecule has 0 radical (unpaired) electrons. The van der Waals surface area contributed by atoms with E-state index in [0.29, 0.717) is 6.54 Å². The van der Waals surface area contributed by atoms with E-state index in [9.17, 15) is 10.1 Å². The minimum absolute atomic E-state index is 0.192. The van der Waals surface area contributed by atoms with Crippen molar-refractivity contribution in [2.24, 2.45) is 23.2 Å². The summed E-state index contributed by atoms with van der Waals surface area (Å²) in [6.07, 6.45) is 7.75. The van der Waals surface area contributed by atoms with Gasteiger partial charge in [-0.15, -0.1) is 0 Å². The maximum Gasteiger partial charge on any atom is 0.165 e. The summed E-state index contributed by atoms with van der Waals surface area (Å²) in [6, 6.07) is 9.37. The standard InChI is InChI=1S/C17H22N2O2/c20-19(21)18(16-4-2-1-3-5-16)12-17-9-13-6-14(10-17)8-15(7-13)11-17/h1-5,13-15H,6-12H2. The number of hydrogen-bond donors (Lipinski definition) is 0. The fourth-order valence-corrected chi connectivity index (χ4v) is 5.64. The Kier molecular flexibility index (Phi) is 2.95. The molecule has 4 aliphatic carbocycles. The van der Waals surface area contributed by atoms with Crippen molar-refractivity contribution in [3.05, 3.63) is 40.4 Å². The van der Waals surface area contributed by atoms with E-state index in [1.54, 1.807) is 0 Å². The van der Waals surface area contributed by atoms with Gasteiger partial charge in [-0.1, -0.05) is 23.2 Å². The second kappa shape index (κ2) is 4.72. The molecule has 1 aromatic carbocycles. The molecule has 4 saturated carbocycles. The van der Waals surface area contributed by atoms with Gasteiger partial charge in [0.05, 0.1) is 6.54 Å². The van der Waals surface area contributed by atoms with Crippen molar-refractivity contribution in [2.45, 2.75) is 38.5 Å². The van der Waals surface area contributed by atoms with E-state index in [0.717, 1.165) is 23.4 Å². The average Bonchev–Trinajstić information content (AvgIpc) is 2.44. The molecule has 4 bridgehead atoms. The maximum absolute atomic E-state index is 11.6. The van der Waals surface area contributed by atoms with Crippen molar-refractivity contribution >= 4 is 5.69 Å². The highest BCUT2D eigenvalue weighted by molar-refractivity contribution is 5.43. The van der Waals surface area contributed by atoms with Gasteiger partial charge in [-0.3, -0.25) is 0 Å². The lowest BCUT2D eigenvalue weighted by molar-refractivity contribution is -0.497. The molecule has 0 unspecified atom stereocenters. The topological polar surface area (TPSA) is 46.4 Å². The molecule has 112 valence electrons. The summed E-state index contributed by atoms with van der Waals surface area (Å²) in [6.45, 7) is 0.591. The molecule has 0 aliphatic heterocycles. The van der Waals surface area contributed by atoms with Crippen molar-refractivity contribution in [2.75, 3.05) is 11.6 Å². The first-order chi connectivity index (χ1) is 10.1. The van der Waals surface area contributed by atoms with Crippen molar-refractivity contribution in [3.63, 3.8) is 0 Å². The Morgan fingerprint density at radius 2 is 1.57 bits per heavy atom. The third kappa shape index (κ3) is 2.30. The van der Waals surface area contributed by atoms with Crippen LogP contribution in [0.5, 0.6) is 0 Å². The quantitative estimate of drug-likeness (QED) is 0.623. The molecule has 0 spiro atoms. The molecule has 5 rings (SSSR count). The highest BCUT2D eigenvalue weighted by Gasteiger charge is 2.52. The van der Waals surface area contributed by atoms with Crippen LogP contribution in [0, 0.1) is 33.3 Å². The van der Waals surface area contributed by atoms with Crippen LogP contribution >= 0.6 is 0 Å². The van der Waals surface area contributed by atoms with Gasteiger partial charge in [-0.2, -0.15) is 0 Å². The van der Waals surface area contributed by atoms with E-state index in [1.165, 1.54) is 43.5 Å². The molecular weight excluding hydrogens is 264 g/mol. The highest BCUT2D eigenvalue weighted by Crippen LogP contribution is 2.60. The first-order valence-electron chi connectivity index (χ1n) is 8.10. The molecule has 4 aliphatic rings. The molecule has 0 saturated heterocycles. The monoisotopic (exact) mass is 286 g/mol. The van der Waals surface area contributed by atoms with Gasteiger partial charge < -0.3 is 0 Å². The van der Waals surface area contributed by atoms with Gasteiger partial charge in [0.1, 0.15) is 5.69 Å². The van der Waals surface area contributed by atoms with Gasteiger partial charge in [0.2, 0.25) is 0 Å². The number of hydrazine groups is 1. The summed E-state index contributed by atoms with van der Waals surface area (Å²) < 4.78 is 0. The number of anilines is 1. The largest absolute Gasteiger partial charge is 0.234 e. The number of nitro groups is 1. The fourth-order valence-electron chi connectivity index (χ4n) is 5.64. The third-order valence-electron chi connectivity index (χ3n) is 5.90. The van der Waals surface area contributed by atoms with E-state index < -0.39 is 0 Å². The summed E-state index contributed by atoms with van der Waals surface area (Å²) in [5.74, 6) is 2.50. The number of para-hydroxylation sites is 1. The number of rotatable bonds is 4. The van der Waals surface area contributed by atoms with Crippen molar-refractivity contribution < 1.29 is 5.03 Å². The minimum atomic E-state index is -0.214. The molecule has 4 heteroatoms. The van der Waals surface area contributed by atoms with Gasteiger partial charge in [0.25, 0.3) is 0 Å². The average molecular weight is 286 g/mol. The lowest BCUT2D eigenvalue weighted by Crippen LogP contribution is -2.52. The zero-order valence-electron chi connectivity index (χ0n) is 12.3. The van der Waals surface area contributed by atoms with Crippen LogP contribution in [0.1, 0.15) is 38.5 Å². The Morgan fingerprint density at radius 3 is 2.05 bits per heavy atom. The fraction of sp³-hybridized carbons (Fsp3) is 0.647. The Hall–Kier alpha value is -1.58.